The van der Waals surface area contributed by atoms with Crippen molar-refractivity contribution in [3.8, 4) is 11.5 Å². The lowest BCUT2D eigenvalue weighted by Gasteiger charge is -2.32. The van der Waals surface area contributed by atoms with Gasteiger partial charge in [0, 0.05) is 25.6 Å². The van der Waals surface area contributed by atoms with Gasteiger partial charge in [0.1, 0.15) is 23.1 Å². The molecule has 34 heavy (non-hydrogen) atoms. The number of rotatable bonds is 7. The topological polar surface area (TPSA) is 61.5 Å². The van der Waals surface area contributed by atoms with E-state index in [1.165, 1.54) is 17.7 Å². The Morgan fingerprint density at radius 3 is 2.26 bits per heavy atom. The molecule has 0 aliphatic carbocycles. The second-order valence-corrected chi connectivity index (χ2v) is 9.32. The number of benzene rings is 3. The van der Waals surface area contributed by atoms with Gasteiger partial charge in [0.2, 0.25) is 0 Å². The minimum absolute atomic E-state index is 0.215. The largest absolute Gasteiger partial charge is 0.508 e. The van der Waals surface area contributed by atoms with Crippen LogP contribution in [-0.2, 0) is 19.4 Å². The Kier molecular flexibility index (Phi) is 6.50. The molecule has 0 radical (unpaired) electrons. The smallest absolute Gasteiger partial charge is 0.123 e. The van der Waals surface area contributed by atoms with Gasteiger partial charge in [-0.15, -0.1) is 0 Å². The van der Waals surface area contributed by atoms with Gasteiger partial charge in [-0.25, -0.2) is 9.37 Å². The fourth-order valence-electron chi connectivity index (χ4n) is 4.89. The monoisotopic (exact) mass is 459 g/mol. The maximum absolute atomic E-state index is 13.4. The van der Waals surface area contributed by atoms with Crippen molar-refractivity contribution < 1.29 is 14.6 Å². The Morgan fingerprint density at radius 1 is 0.853 bits per heavy atom. The first-order valence-electron chi connectivity index (χ1n) is 12.0. The minimum atomic E-state index is -0.235. The van der Waals surface area contributed by atoms with E-state index in [4.69, 9.17) is 4.98 Å². The molecule has 6 heteroatoms. The SMILES string of the molecule is Oc1ccc(CCN2CCC(Cc3nc4cc(O)ccc4n3Cc3ccc(F)cc3)CC2)cc1. The van der Waals surface area contributed by atoms with E-state index in [1.807, 2.05) is 30.3 Å². The van der Waals surface area contributed by atoms with Crippen LogP contribution in [0.5, 0.6) is 11.5 Å². The lowest BCUT2D eigenvalue weighted by atomic mass is 9.93. The molecule has 1 fully saturated rings. The molecule has 176 valence electrons. The normalized spacial score (nSPS) is 15.2. The molecule has 1 aromatic heterocycles. The van der Waals surface area contributed by atoms with Crippen LogP contribution in [0.3, 0.4) is 0 Å². The summed E-state index contributed by atoms with van der Waals surface area (Å²) in [5.41, 5.74) is 4.06. The predicted molar refractivity (Wildman–Crippen MR) is 132 cm³/mol. The highest BCUT2D eigenvalue weighted by molar-refractivity contribution is 5.77. The Hall–Kier alpha value is -3.38. The van der Waals surface area contributed by atoms with Gasteiger partial charge >= 0.3 is 0 Å². The summed E-state index contributed by atoms with van der Waals surface area (Å²) in [5.74, 6) is 1.87. The van der Waals surface area contributed by atoms with Crippen LogP contribution in [0.15, 0.2) is 66.7 Å². The number of hydrogen-bond acceptors (Lipinski definition) is 4. The fourth-order valence-corrected chi connectivity index (χ4v) is 4.89. The number of piperidine rings is 1. The molecule has 5 rings (SSSR count). The van der Waals surface area contributed by atoms with Crippen LogP contribution in [0.2, 0.25) is 0 Å². The summed E-state index contributed by atoms with van der Waals surface area (Å²) in [7, 11) is 0. The summed E-state index contributed by atoms with van der Waals surface area (Å²) in [4.78, 5) is 7.40. The summed E-state index contributed by atoms with van der Waals surface area (Å²) in [6.07, 6.45) is 4.13. The number of nitrogens with zero attached hydrogens (tertiary/aromatic N) is 3. The van der Waals surface area contributed by atoms with E-state index < -0.39 is 0 Å². The third-order valence-electron chi connectivity index (χ3n) is 6.90. The van der Waals surface area contributed by atoms with Crippen molar-refractivity contribution in [3.05, 3.63) is 89.5 Å². The molecule has 0 amide bonds. The van der Waals surface area contributed by atoms with Crippen molar-refractivity contribution in [1.82, 2.24) is 14.5 Å². The Morgan fingerprint density at radius 2 is 1.53 bits per heavy atom. The van der Waals surface area contributed by atoms with Crippen molar-refractivity contribution in [2.75, 3.05) is 19.6 Å². The van der Waals surface area contributed by atoms with E-state index in [9.17, 15) is 14.6 Å². The fraction of sp³-hybridized carbons (Fsp3) is 0.321. The van der Waals surface area contributed by atoms with E-state index in [1.54, 1.807) is 24.3 Å². The van der Waals surface area contributed by atoms with Gasteiger partial charge in [0.15, 0.2) is 0 Å². The third kappa shape index (κ3) is 5.23. The number of likely N-dealkylation sites (tertiary alicyclic amines) is 1. The standard InChI is InChI=1S/C28H30FN3O2/c29-23-5-1-22(2-6-23)19-32-27-10-9-25(34)18-26(27)30-28(32)17-21-12-15-31(16-13-21)14-11-20-3-7-24(33)8-4-20/h1-10,18,21,33-34H,11-17,19H2. The molecule has 0 atom stereocenters. The second kappa shape index (κ2) is 9.85. The van der Waals surface area contributed by atoms with Crippen LogP contribution < -0.4 is 0 Å². The van der Waals surface area contributed by atoms with Crippen LogP contribution in [0.25, 0.3) is 11.0 Å². The first kappa shape index (κ1) is 22.4. The van der Waals surface area contributed by atoms with Gasteiger partial charge in [-0.05, 0) is 85.8 Å². The molecule has 4 aromatic rings. The van der Waals surface area contributed by atoms with Crippen molar-refractivity contribution in [1.29, 1.82) is 0 Å². The van der Waals surface area contributed by atoms with Crippen molar-refractivity contribution in [2.45, 2.75) is 32.2 Å². The van der Waals surface area contributed by atoms with Gasteiger partial charge in [-0.2, -0.15) is 0 Å². The summed E-state index contributed by atoms with van der Waals surface area (Å²) < 4.78 is 15.6. The number of phenolic OH excluding ortho intramolecular Hbond substituents is 2. The molecule has 5 nitrogen and oxygen atoms in total. The highest BCUT2D eigenvalue weighted by atomic mass is 19.1. The van der Waals surface area contributed by atoms with Crippen molar-refractivity contribution >= 4 is 11.0 Å². The van der Waals surface area contributed by atoms with Gasteiger partial charge in [0.05, 0.1) is 11.0 Å². The number of aromatic hydroxyl groups is 2. The van der Waals surface area contributed by atoms with E-state index in [0.29, 0.717) is 18.2 Å². The molecule has 0 saturated carbocycles. The molecule has 0 bridgehead atoms. The van der Waals surface area contributed by atoms with Crippen LogP contribution in [0.1, 0.15) is 29.8 Å². The van der Waals surface area contributed by atoms with Gasteiger partial charge in [-0.1, -0.05) is 24.3 Å². The Labute approximate surface area is 199 Å². The number of fused-ring (bicyclic) bond motifs is 1. The third-order valence-corrected chi connectivity index (χ3v) is 6.90. The number of aromatic nitrogens is 2. The van der Waals surface area contributed by atoms with E-state index in [2.05, 4.69) is 9.47 Å². The average Bonchev–Trinajstić information content (AvgIpc) is 3.16. The van der Waals surface area contributed by atoms with E-state index >= 15 is 0 Å². The van der Waals surface area contributed by atoms with Gasteiger partial charge in [-0.3, -0.25) is 0 Å². The summed E-state index contributed by atoms with van der Waals surface area (Å²) in [6.45, 7) is 3.80. The lowest BCUT2D eigenvalue weighted by Crippen LogP contribution is -2.36. The minimum Gasteiger partial charge on any atom is -0.508 e. The molecule has 0 unspecified atom stereocenters. The summed E-state index contributed by atoms with van der Waals surface area (Å²) >= 11 is 0. The number of imidazole rings is 1. The first-order valence-corrected chi connectivity index (χ1v) is 12.0. The van der Waals surface area contributed by atoms with Crippen LogP contribution in [-0.4, -0.2) is 44.3 Å². The molecule has 1 saturated heterocycles. The lowest BCUT2D eigenvalue weighted by molar-refractivity contribution is 0.184. The van der Waals surface area contributed by atoms with E-state index in [-0.39, 0.29) is 11.6 Å². The zero-order valence-electron chi connectivity index (χ0n) is 19.2. The van der Waals surface area contributed by atoms with Gasteiger partial charge < -0.3 is 19.7 Å². The van der Waals surface area contributed by atoms with Crippen LogP contribution >= 0.6 is 0 Å². The molecule has 1 aliphatic rings. The molecule has 2 N–H and O–H groups in total. The highest BCUT2D eigenvalue weighted by Crippen LogP contribution is 2.27. The average molecular weight is 460 g/mol. The summed E-state index contributed by atoms with van der Waals surface area (Å²) in [6, 6.07) is 19.4. The molecule has 1 aliphatic heterocycles. The number of hydrogen-bond donors (Lipinski definition) is 2. The quantitative estimate of drug-likeness (QED) is 0.402. The first-order chi connectivity index (χ1) is 16.5. The predicted octanol–water partition coefficient (Wildman–Crippen LogP) is 5.13. The Balaban J connectivity index is 1.25. The maximum atomic E-state index is 13.4. The number of halogens is 1. The molecule has 3 aromatic carbocycles. The number of phenols is 2. The molecule has 0 spiro atoms. The highest BCUT2D eigenvalue weighted by Gasteiger charge is 2.22. The summed E-state index contributed by atoms with van der Waals surface area (Å²) in [5, 5.41) is 19.4. The van der Waals surface area contributed by atoms with E-state index in [0.717, 1.165) is 67.7 Å². The maximum Gasteiger partial charge on any atom is 0.123 e. The van der Waals surface area contributed by atoms with Crippen LogP contribution in [0.4, 0.5) is 4.39 Å². The van der Waals surface area contributed by atoms with Crippen molar-refractivity contribution in [3.63, 3.8) is 0 Å². The van der Waals surface area contributed by atoms with Gasteiger partial charge in [0.25, 0.3) is 0 Å². The Bertz CT molecular complexity index is 1240. The molecular weight excluding hydrogens is 429 g/mol. The van der Waals surface area contributed by atoms with Crippen molar-refractivity contribution in [2.24, 2.45) is 5.92 Å². The second-order valence-electron chi connectivity index (χ2n) is 9.32. The zero-order chi connectivity index (χ0) is 23.5. The molecule has 2 heterocycles. The van der Waals surface area contributed by atoms with Crippen LogP contribution in [0, 0.1) is 11.7 Å². The zero-order valence-corrected chi connectivity index (χ0v) is 19.2. The molecular formula is C28H30FN3O2.